The van der Waals surface area contributed by atoms with Crippen LogP contribution in [0.1, 0.15) is 40.8 Å². The maximum atomic E-state index is 12.6. The fourth-order valence-electron chi connectivity index (χ4n) is 2.19. The van der Waals surface area contributed by atoms with E-state index in [0.717, 1.165) is 11.4 Å². The lowest BCUT2D eigenvalue weighted by atomic mass is 10.1. The van der Waals surface area contributed by atoms with E-state index in [2.05, 4.69) is 31.0 Å². The number of carbonyl (C=O) groups is 1. The average molecular weight is 317 g/mol. The van der Waals surface area contributed by atoms with Gasteiger partial charge in [-0.25, -0.2) is 4.98 Å². The molecule has 1 aromatic carbocycles. The number of thiazole rings is 1. The Bertz CT molecular complexity index is 595. The normalized spacial score (nSPS) is 10.9. The second-order valence-corrected chi connectivity index (χ2v) is 6.43. The molecule has 118 valence electrons. The number of nitrogens with two attached hydrogens (primary N) is 1. The number of aromatic nitrogens is 1. The summed E-state index contributed by atoms with van der Waals surface area (Å²) in [6, 6.07) is 10.2. The fourth-order valence-corrected chi connectivity index (χ4v) is 3.00. The third kappa shape index (κ3) is 4.39. The topological polar surface area (TPSA) is 59.2 Å². The van der Waals surface area contributed by atoms with Crippen molar-refractivity contribution in [2.75, 3.05) is 19.6 Å². The molecule has 0 radical (unpaired) electrons. The summed E-state index contributed by atoms with van der Waals surface area (Å²) in [5, 5.41) is 2.85. The Kier molecular flexibility index (Phi) is 6.10. The second kappa shape index (κ2) is 8.06. The number of amides is 1. The van der Waals surface area contributed by atoms with Crippen molar-refractivity contribution in [3.05, 3.63) is 52.0 Å². The van der Waals surface area contributed by atoms with Crippen molar-refractivity contribution in [1.82, 2.24) is 9.88 Å². The van der Waals surface area contributed by atoms with Gasteiger partial charge in [0.25, 0.3) is 5.91 Å². The molecule has 1 amide bonds. The number of benzene rings is 1. The van der Waals surface area contributed by atoms with Gasteiger partial charge in [-0.05, 0) is 12.0 Å². The third-order valence-electron chi connectivity index (χ3n) is 3.43. The molecular weight excluding hydrogens is 294 g/mol. The first-order chi connectivity index (χ1) is 10.6. The lowest BCUT2D eigenvalue weighted by Gasteiger charge is -2.21. The van der Waals surface area contributed by atoms with Crippen molar-refractivity contribution in [2.45, 2.75) is 26.2 Å². The maximum Gasteiger partial charge on any atom is 0.273 e. The monoisotopic (exact) mass is 317 g/mol. The van der Waals surface area contributed by atoms with Gasteiger partial charge in [0.2, 0.25) is 0 Å². The zero-order valence-corrected chi connectivity index (χ0v) is 14.0. The minimum atomic E-state index is -0.0236. The summed E-state index contributed by atoms with van der Waals surface area (Å²) in [6.45, 7) is 5.84. The van der Waals surface area contributed by atoms with E-state index in [-0.39, 0.29) is 5.91 Å². The van der Waals surface area contributed by atoms with E-state index in [0.29, 0.717) is 31.2 Å². The highest BCUT2D eigenvalue weighted by Gasteiger charge is 2.18. The van der Waals surface area contributed by atoms with Crippen LogP contribution in [0.5, 0.6) is 0 Å². The molecule has 1 heterocycles. The standard InChI is InChI=1S/C17H23N3OS/c1-13(2)16-19-15(12-22-16)17(21)20(11-9-18)10-8-14-6-4-3-5-7-14/h3-7,12-13H,8-11,18H2,1-2H3. The van der Waals surface area contributed by atoms with Crippen LogP contribution in [0.4, 0.5) is 0 Å². The molecule has 0 fully saturated rings. The Morgan fingerprint density at radius 2 is 2.00 bits per heavy atom. The van der Waals surface area contributed by atoms with E-state index in [4.69, 9.17) is 5.73 Å². The summed E-state index contributed by atoms with van der Waals surface area (Å²) < 4.78 is 0. The summed E-state index contributed by atoms with van der Waals surface area (Å²) in [7, 11) is 0. The van der Waals surface area contributed by atoms with Crippen LogP contribution in [0.15, 0.2) is 35.7 Å². The summed E-state index contributed by atoms with van der Waals surface area (Å²) >= 11 is 1.55. The lowest BCUT2D eigenvalue weighted by Crippen LogP contribution is -2.37. The van der Waals surface area contributed by atoms with Crippen molar-refractivity contribution < 1.29 is 4.79 Å². The molecule has 2 N–H and O–H groups in total. The first kappa shape index (κ1) is 16.6. The molecule has 0 bridgehead atoms. The van der Waals surface area contributed by atoms with E-state index in [1.165, 1.54) is 5.56 Å². The molecular formula is C17H23N3OS. The first-order valence-corrected chi connectivity index (χ1v) is 8.48. The molecule has 2 aromatic rings. The molecule has 2 rings (SSSR count). The Balaban J connectivity index is 2.04. The van der Waals surface area contributed by atoms with Crippen molar-refractivity contribution >= 4 is 17.2 Å². The van der Waals surface area contributed by atoms with Gasteiger partial charge in [0.15, 0.2) is 0 Å². The smallest absolute Gasteiger partial charge is 0.273 e. The molecule has 0 aliphatic carbocycles. The molecule has 0 saturated heterocycles. The SMILES string of the molecule is CC(C)c1nc(C(=O)N(CCN)CCc2ccccc2)cs1. The van der Waals surface area contributed by atoms with Crippen LogP contribution in [-0.2, 0) is 6.42 Å². The predicted octanol–water partition coefficient (Wildman–Crippen LogP) is 2.91. The van der Waals surface area contributed by atoms with Crippen LogP contribution in [0, 0.1) is 0 Å². The van der Waals surface area contributed by atoms with Gasteiger partial charge >= 0.3 is 0 Å². The van der Waals surface area contributed by atoms with Gasteiger partial charge in [-0.1, -0.05) is 44.2 Å². The quantitative estimate of drug-likeness (QED) is 0.854. The summed E-state index contributed by atoms with van der Waals surface area (Å²) in [4.78, 5) is 18.9. The number of hydrogen-bond acceptors (Lipinski definition) is 4. The highest BCUT2D eigenvalue weighted by atomic mass is 32.1. The second-order valence-electron chi connectivity index (χ2n) is 5.54. The molecule has 0 aliphatic heterocycles. The Hall–Kier alpha value is -1.72. The summed E-state index contributed by atoms with van der Waals surface area (Å²) in [6.07, 6.45) is 0.827. The lowest BCUT2D eigenvalue weighted by molar-refractivity contribution is 0.0757. The van der Waals surface area contributed by atoms with Gasteiger partial charge in [0.1, 0.15) is 5.69 Å². The number of carbonyl (C=O) groups excluding carboxylic acids is 1. The Morgan fingerprint density at radius 1 is 1.27 bits per heavy atom. The Morgan fingerprint density at radius 3 is 2.59 bits per heavy atom. The average Bonchev–Trinajstić information content (AvgIpc) is 3.02. The van der Waals surface area contributed by atoms with Crippen LogP contribution < -0.4 is 5.73 Å². The van der Waals surface area contributed by atoms with Crippen LogP contribution in [-0.4, -0.2) is 35.4 Å². The largest absolute Gasteiger partial charge is 0.336 e. The van der Waals surface area contributed by atoms with Crippen LogP contribution in [0.2, 0.25) is 0 Å². The van der Waals surface area contributed by atoms with E-state index in [9.17, 15) is 4.79 Å². The summed E-state index contributed by atoms with van der Waals surface area (Å²) in [5.41, 5.74) is 7.41. The van der Waals surface area contributed by atoms with E-state index in [1.54, 1.807) is 16.2 Å². The van der Waals surface area contributed by atoms with Gasteiger partial charge in [0.05, 0.1) is 5.01 Å². The molecule has 0 aliphatic rings. The van der Waals surface area contributed by atoms with Gasteiger partial charge in [-0.3, -0.25) is 4.79 Å². The highest BCUT2D eigenvalue weighted by molar-refractivity contribution is 7.09. The van der Waals surface area contributed by atoms with Gasteiger partial charge < -0.3 is 10.6 Å². The number of hydrogen-bond donors (Lipinski definition) is 1. The van der Waals surface area contributed by atoms with Crippen molar-refractivity contribution in [1.29, 1.82) is 0 Å². The number of rotatable bonds is 7. The molecule has 0 atom stereocenters. The Labute approximate surface area is 136 Å². The third-order valence-corrected chi connectivity index (χ3v) is 4.58. The minimum absolute atomic E-state index is 0.0236. The molecule has 4 nitrogen and oxygen atoms in total. The molecule has 0 saturated carbocycles. The number of nitrogens with zero attached hydrogens (tertiary/aromatic N) is 2. The molecule has 5 heteroatoms. The first-order valence-electron chi connectivity index (χ1n) is 7.60. The molecule has 0 spiro atoms. The molecule has 0 unspecified atom stereocenters. The van der Waals surface area contributed by atoms with Crippen molar-refractivity contribution in [3.63, 3.8) is 0 Å². The minimum Gasteiger partial charge on any atom is -0.336 e. The van der Waals surface area contributed by atoms with Crippen molar-refractivity contribution in [3.8, 4) is 0 Å². The molecule has 22 heavy (non-hydrogen) atoms. The van der Waals surface area contributed by atoms with E-state index in [1.807, 2.05) is 23.6 Å². The summed E-state index contributed by atoms with van der Waals surface area (Å²) in [5.74, 6) is 0.323. The van der Waals surface area contributed by atoms with Crippen LogP contribution in [0.25, 0.3) is 0 Å². The highest BCUT2D eigenvalue weighted by Crippen LogP contribution is 2.20. The molecule has 1 aromatic heterocycles. The fraction of sp³-hybridized carbons (Fsp3) is 0.412. The van der Waals surface area contributed by atoms with Crippen LogP contribution in [0.3, 0.4) is 0 Å². The van der Waals surface area contributed by atoms with Gasteiger partial charge in [-0.15, -0.1) is 11.3 Å². The van der Waals surface area contributed by atoms with Gasteiger partial charge in [0, 0.05) is 30.9 Å². The predicted molar refractivity (Wildman–Crippen MR) is 91.3 cm³/mol. The van der Waals surface area contributed by atoms with Crippen LogP contribution >= 0.6 is 11.3 Å². The maximum absolute atomic E-state index is 12.6. The van der Waals surface area contributed by atoms with Crippen molar-refractivity contribution in [2.24, 2.45) is 5.73 Å². The van der Waals surface area contributed by atoms with Gasteiger partial charge in [-0.2, -0.15) is 0 Å². The van der Waals surface area contributed by atoms with E-state index >= 15 is 0 Å². The van der Waals surface area contributed by atoms with E-state index < -0.39 is 0 Å². The zero-order valence-electron chi connectivity index (χ0n) is 13.2. The zero-order chi connectivity index (χ0) is 15.9.